The summed E-state index contributed by atoms with van der Waals surface area (Å²) in [4.78, 5) is 5.61. The van der Waals surface area contributed by atoms with Crippen LogP contribution in [0.1, 0.15) is 43.2 Å². The van der Waals surface area contributed by atoms with Gasteiger partial charge in [0.1, 0.15) is 0 Å². The molecule has 0 amide bonds. The summed E-state index contributed by atoms with van der Waals surface area (Å²) in [6, 6.07) is 6.69. The van der Waals surface area contributed by atoms with Gasteiger partial charge in [0.15, 0.2) is 0 Å². The standard InChI is InChI=1S/C14H19NS.2ClH.Zr/c1-11-6-5-7-12(14(11)16)10-15-13-8-3-2-4-9-13;;;/h5-7,10,13,16H,2-4,8-9H2,1H3;2*1H;/q;;;+2/p-3. The Morgan fingerprint density at radius 3 is 2.53 bits per heavy atom. The summed E-state index contributed by atoms with van der Waals surface area (Å²) in [5.74, 6) is 0. The van der Waals surface area contributed by atoms with Crippen LogP contribution < -0.4 is 0 Å². The molecule has 104 valence electrons. The fourth-order valence-electron chi connectivity index (χ4n) is 2.19. The summed E-state index contributed by atoms with van der Waals surface area (Å²) in [6.45, 7) is 2.06. The quantitative estimate of drug-likeness (QED) is 0.506. The van der Waals surface area contributed by atoms with Gasteiger partial charge in [-0.25, -0.2) is 0 Å². The van der Waals surface area contributed by atoms with Crippen LogP contribution in [0.5, 0.6) is 0 Å². The van der Waals surface area contributed by atoms with Gasteiger partial charge in [-0.2, -0.15) is 4.90 Å². The van der Waals surface area contributed by atoms with Crippen molar-refractivity contribution < 1.29 is 20.8 Å². The van der Waals surface area contributed by atoms with Crippen molar-refractivity contribution in [2.75, 3.05) is 0 Å². The number of halogens is 2. The Kier molecular flexibility index (Phi) is 9.57. The van der Waals surface area contributed by atoms with Gasteiger partial charge < -0.3 is 12.6 Å². The molecule has 1 aliphatic rings. The zero-order valence-corrected chi connectivity index (χ0v) is 15.8. The van der Waals surface area contributed by atoms with Crippen LogP contribution >= 0.6 is 17.0 Å². The van der Waals surface area contributed by atoms with Gasteiger partial charge in [-0.1, -0.05) is 43.0 Å². The molecule has 0 saturated heterocycles. The average molecular weight is 395 g/mol. The molecule has 1 fully saturated rings. The van der Waals surface area contributed by atoms with Crippen molar-refractivity contribution in [2.45, 2.75) is 50.0 Å². The van der Waals surface area contributed by atoms with Crippen LogP contribution in [0.3, 0.4) is 0 Å². The zero-order valence-electron chi connectivity index (χ0n) is 11.0. The van der Waals surface area contributed by atoms with Crippen molar-refractivity contribution in [3.05, 3.63) is 29.3 Å². The van der Waals surface area contributed by atoms with Gasteiger partial charge in [0.25, 0.3) is 0 Å². The molecule has 0 N–H and O–H groups in total. The van der Waals surface area contributed by atoms with Gasteiger partial charge >= 0.3 is 37.9 Å². The van der Waals surface area contributed by atoms with Crippen LogP contribution in [0.15, 0.2) is 28.1 Å². The number of hydrogen-bond acceptors (Lipinski definition) is 2. The van der Waals surface area contributed by atoms with Crippen molar-refractivity contribution in [1.82, 2.24) is 0 Å². The number of aryl methyl sites for hydroxylation is 1. The molecule has 0 unspecified atom stereocenters. The molecule has 2 rings (SSSR count). The van der Waals surface area contributed by atoms with E-state index in [0.717, 1.165) is 10.5 Å². The molecule has 0 spiro atoms. The normalized spacial score (nSPS) is 15.9. The van der Waals surface area contributed by atoms with Gasteiger partial charge in [0.05, 0.1) is 0 Å². The molecule has 1 nitrogen and oxygen atoms in total. The van der Waals surface area contributed by atoms with E-state index >= 15 is 0 Å². The summed E-state index contributed by atoms with van der Waals surface area (Å²) >= 11 is 4.54. The molecule has 1 aliphatic carbocycles. The van der Waals surface area contributed by atoms with Crippen LogP contribution in [0.4, 0.5) is 0 Å². The molecule has 1 aromatic rings. The Labute approximate surface area is 140 Å². The third-order valence-corrected chi connectivity index (χ3v) is 3.80. The van der Waals surface area contributed by atoms with Crippen LogP contribution in [-0.4, -0.2) is 12.3 Å². The fraction of sp³-hybridized carbons (Fsp3) is 0.500. The number of nitrogens with zero attached hydrogens (tertiary/aromatic N) is 1. The van der Waals surface area contributed by atoms with Crippen LogP contribution in [0, 0.1) is 6.92 Å². The number of rotatable bonds is 2. The summed E-state index contributed by atoms with van der Waals surface area (Å²) < 4.78 is 0. The first-order valence-corrected chi connectivity index (χ1v) is 13.2. The van der Waals surface area contributed by atoms with Crippen molar-refractivity contribution in [2.24, 2.45) is 4.99 Å². The van der Waals surface area contributed by atoms with Crippen molar-refractivity contribution in [3.63, 3.8) is 0 Å². The molecular formula is C14H18Cl2NSZr-. The van der Waals surface area contributed by atoms with Gasteiger partial charge in [0.2, 0.25) is 0 Å². The third kappa shape index (κ3) is 6.71. The van der Waals surface area contributed by atoms with E-state index in [1.807, 2.05) is 12.3 Å². The predicted molar refractivity (Wildman–Crippen MR) is 83.0 cm³/mol. The minimum absolute atomic E-state index is 0.531. The van der Waals surface area contributed by atoms with Crippen molar-refractivity contribution in [3.8, 4) is 0 Å². The van der Waals surface area contributed by atoms with E-state index in [1.54, 1.807) is 0 Å². The van der Waals surface area contributed by atoms with Crippen LogP contribution in [0.25, 0.3) is 0 Å². The molecule has 0 atom stereocenters. The minimum atomic E-state index is -0.826. The Balaban J connectivity index is 0.000000550. The first-order valence-electron chi connectivity index (χ1n) is 6.45. The first-order chi connectivity index (χ1) is 9.19. The number of benzene rings is 1. The second-order valence-electron chi connectivity index (χ2n) is 4.63. The zero-order chi connectivity index (χ0) is 14.1. The molecule has 1 aromatic carbocycles. The number of hydrogen-bond donors (Lipinski definition) is 0. The number of aliphatic imine (C=N–C) groups is 1. The monoisotopic (exact) mass is 392 g/mol. The molecule has 5 heteroatoms. The Morgan fingerprint density at radius 1 is 1.26 bits per heavy atom. The van der Waals surface area contributed by atoms with Gasteiger partial charge in [-0.3, -0.25) is 4.99 Å². The van der Waals surface area contributed by atoms with E-state index < -0.39 is 20.8 Å². The van der Waals surface area contributed by atoms with E-state index in [2.05, 4.69) is 24.0 Å². The van der Waals surface area contributed by atoms with E-state index in [-0.39, 0.29) is 0 Å². The molecule has 0 heterocycles. The molecule has 0 aliphatic heterocycles. The summed E-state index contributed by atoms with van der Waals surface area (Å²) in [6.07, 6.45) is 8.51. The van der Waals surface area contributed by atoms with Crippen LogP contribution in [-0.2, 0) is 33.5 Å². The first kappa shape index (κ1) is 17.6. The summed E-state index contributed by atoms with van der Waals surface area (Å²) in [5, 5.41) is 0. The van der Waals surface area contributed by atoms with E-state index in [1.165, 1.54) is 37.7 Å². The molecule has 19 heavy (non-hydrogen) atoms. The van der Waals surface area contributed by atoms with E-state index in [0.29, 0.717) is 6.04 Å². The fourth-order valence-corrected chi connectivity index (χ4v) is 2.38. The Morgan fingerprint density at radius 2 is 1.89 bits per heavy atom. The predicted octanol–water partition coefficient (Wildman–Crippen LogP) is 5.03. The molecule has 0 bridgehead atoms. The SMILES string of the molecule is Cc1cccc(C=NC2CCCCC2)c1[S-].[Cl][Zr][Cl]. The average Bonchev–Trinajstić information content (AvgIpc) is 2.43. The molecule has 0 radical (unpaired) electrons. The third-order valence-electron chi connectivity index (χ3n) is 3.24. The maximum absolute atomic E-state index is 5.37. The van der Waals surface area contributed by atoms with Gasteiger partial charge in [0, 0.05) is 12.3 Å². The van der Waals surface area contributed by atoms with Gasteiger partial charge in [-0.05, 0) is 25.3 Å². The van der Waals surface area contributed by atoms with Crippen molar-refractivity contribution >= 4 is 35.9 Å². The van der Waals surface area contributed by atoms with E-state index in [4.69, 9.17) is 29.7 Å². The Hall–Kier alpha value is 0.573. The van der Waals surface area contributed by atoms with Gasteiger partial charge in [-0.15, -0.1) is 0 Å². The molecular weight excluding hydrogens is 376 g/mol. The second kappa shape index (κ2) is 10.3. The summed E-state index contributed by atoms with van der Waals surface area (Å²) in [7, 11) is 9.87. The van der Waals surface area contributed by atoms with E-state index in [9.17, 15) is 0 Å². The molecule has 0 aromatic heterocycles. The second-order valence-corrected chi connectivity index (χ2v) is 8.77. The van der Waals surface area contributed by atoms with Crippen LogP contribution in [0.2, 0.25) is 0 Å². The van der Waals surface area contributed by atoms with Crippen molar-refractivity contribution in [1.29, 1.82) is 0 Å². The maximum atomic E-state index is 5.37. The topological polar surface area (TPSA) is 12.4 Å². The molecule has 1 saturated carbocycles. The Bertz CT molecular complexity index is 406. The summed E-state index contributed by atoms with van der Waals surface area (Å²) in [5.41, 5.74) is 2.27.